The van der Waals surface area contributed by atoms with Crippen molar-refractivity contribution in [3.05, 3.63) is 122 Å². The van der Waals surface area contributed by atoms with E-state index in [1.54, 1.807) is 0 Å². The minimum atomic E-state index is -0.835. The van der Waals surface area contributed by atoms with Gasteiger partial charge in [-0.1, -0.05) is 200 Å². The van der Waals surface area contributed by atoms with Crippen LogP contribution in [0.3, 0.4) is 0 Å². The maximum Gasteiger partial charge on any atom is 0.306 e. The van der Waals surface area contributed by atoms with Crippen LogP contribution in [-0.4, -0.2) is 46.9 Å². The van der Waals surface area contributed by atoms with Crippen molar-refractivity contribution in [1.29, 1.82) is 0 Å². The first-order valence-corrected chi connectivity index (χ1v) is 21.3. The Morgan fingerprint density at radius 3 is 1.58 bits per heavy atom. The fourth-order valence-electron chi connectivity index (χ4n) is 5.50. The van der Waals surface area contributed by atoms with E-state index in [0.29, 0.717) is 19.3 Å². The van der Waals surface area contributed by atoms with Gasteiger partial charge in [0, 0.05) is 12.8 Å². The molecule has 0 rings (SSSR count). The van der Waals surface area contributed by atoms with Crippen molar-refractivity contribution < 1.29 is 24.5 Å². The van der Waals surface area contributed by atoms with E-state index in [-0.39, 0.29) is 31.3 Å². The molecule has 0 aliphatic rings. The van der Waals surface area contributed by atoms with E-state index in [1.807, 2.05) is 66.8 Å². The highest BCUT2D eigenvalue weighted by molar-refractivity contribution is 5.77. The molecule has 0 spiro atoms. The van der Waals surface area contributed by atoms with E-state index in [0.717, 1.165) is 57.8 Å². The molecule has 308 valence electrons. The molecule has 0 aliphatic carbocycles. The van der Waals surface area contributed by atoms with Gasteiger partial charge in [0.15, 0.2) is 0 Å². The number of ether oxygens (including phenoxy) is 1. The Morgan fingerprint density at radius 2 is 1.05 bits per heavy atom. The van der Waals surface area contributed by atoms with Crippen LogP contribution in [0.15, 0.2) is 122 Å². The normalized spacial score (nSPS) is 14.6. The number of carbonyl (C=O) groups is 2. The number of allylic oxidation sites excluding steroid dienone is 19. The van der Waals surface area contributed by atoms with Gasteiger partial charge in [0.25, 0.3) is 0 Å². The zero-order chi connectivity index (χ0) is 40.3. The highest BCUT2D eigenvalue weighted by Crippen LogP contribution is 2.14. The Labute approximate surface area is 336 Å². The molecular formula is C49H77NO5. The molecule has 0 aromatic heterocycles. The molecule has 0 fully saturated rings. The zero-order valence-corrected chi connectivity index (χ0v) is 34.7. The highest BCUT2D eigenvalue weighted by atomic mass is 16.5. The molecule has 0 aromatic carbocycles. The summed E-state index contributed by atoms with van der Waals surface area (Å²) in [6.07, 6.45) is 57.2. The summed E-state index contributed by atoms with van der Waals surface area (Å²) in [5.74, 6) is -0.727. The first kappa shape index (κ1) is 51.3. The lowest BCUT2D eigenvalue weighted by Gasteiger charge is -2.24. The van der Waals surface area contributed by atoms with Crippen LogP contribution in [0.25, 0.3) is 0 Å². The van der Waals surface area contributed by atoms with E-state index < -0.39 is 18.2 Å². The number of aliphatic hydroxyl groups is 2. The molecule has 55 heavy (non-hydrogen) atoms. The number of hydrogen-bond acceptors (Lipinski definition) is 5. The lowest BCUT2D eigenvalue weighted by atomic mass is 10.0. The predicted octanol–water partition coefficient (Wildman–Crippen LogP) is 12.2. The standard InChI is InChI=1S/C49H77NO5/c1-4-7-10-13-16-19-21-22-23-24-25-27-30-33-36-39-42-49(54)55-45(40-37-34-31-29-26-20-17-14-11-8-5-2)43-48(53)50-46(44-51)47(52)41-38-35-32-28-18-15-12-9-6-3/h7-8,10-11,14,16-17,19-20,22-23,25-27,29,31,33-34,36-37,45-47,51-52H,4-6,9,12-13,15,18,21,24,28,30,32,35,38-44H2,1-3H3,(H,50,53)/b10-7+,11-8+,17-14+,19-16+,23-22+,26-20-,27-25+,31-29-,36-33+,37-34+. The van der Waals surface area contributed by atoms with Crippen LogP contribution >= 0.6 is 0 Å². The third kappa shape index (κ3) is 37.0. The molecule has 0 radical (unpaired) electrons. The topological polar surface area (TPSA) is 95.9 Å². The average molecular weight is 760 g/mol. The lowest BCUT2D eigenvalue weighted by molar-refractivity contribution is -0.150. The van der Waals surface area contributed by atoms with Crippen LogP contribution in [0.2, 0.25) is 0 Å². The summed E-state index contributed by atoms with van der Waals surface area (Å²) in [5, 5.41) is 23.4. The van der Waals surface area contributed by atoms with Crippen molar-refractivity contribution >= 4 is 11.9 Å². The van der Waals surface area contributed by atoms with Gasteiger partial charge in [0.05, 0.1) is 25.2 Å². The number of rotatable bonds is 35. The summed E-state index contributed by atoms with van der Waals surface area (Å²) in [6, 6.07) is -0.759. The second-order valence-corrected chi connectivity index (χ2v) is 13.8. The summed E-state index contributed by atoms with van der Waals surface area (Å²) < 4.78 is 5.75. The molecule has 0 aromatic rings. The number of carbonyl (C=O) groups excluding carboxylic acids is 2. The Hall–Kier alpha value is -3.74. The van der Waals surface area contributed by atoms with Crippen molar-refractivity contribution in [2.45, 2.75) is 167 Å². The number of unbranched alkanes of at least 4 members (excludes halogenated alkanes) is 8. The largest absolute Gasteiger partial charge is 0.461 e. The summed E-state index contributed by atoms with van der Waals surface area (Å²) in [7, 11) is 0. The molecular weight excluding hydrogens is 683 g/mol. The molecule has 1 amide bonds. The van der Waals surface area contributed by atoms with Crippen molar-refractivity contribution in [1.82, 2.24) is 5.32 Å². The lowest BCUT2D eigenvalue weighted by Crippen LogP contribution is -2.46. The van der Waals surface area contributed by atoms with Crippen LogP contribution < -0.4 is 5.32 Å². The second-order valence-electron chi connectivity index (χ2n) is 13.8. The molecule has 3 atom stereocenters. The van der Waals surface area contributed by atoms with Gasteiger partial charge in [-0.3, -0.25) is 9.59 Å². The smallest absolute Gasteiger partial charge is 0.306 e. The second kappa shape index (κ2) is 41.4. The number of hydrogen-bond donors (Lipinski definition) is 3. The van der Waals surface area contributed by atoms with Crippen molar-refractivity contribution in [2.75, 3.05) is 6.61 Å². The van der Waals surface area contributed by atoms with Gasteiger partial charge in [-0.15, -0.1) is 0 Å². The maximum atomic E-state index is 13.0. The summed E-state index contributed by atoms with van der Waals surface area (Å²) >= 11 is 0. The van der Waals surface area contributed by atoms with Gasteiger partial charge in [0.1, 0.15) is 6.10 Å². The van der Waals surface area contributed by atoms with E-state index in [9.17, 15) is 19.8 Å². The minimum Gasteiger partial charge on any atom is -0.461 e. The van der Waals surface area contributed by atoms with E-state index in [4.69, 9.17) is 4.74 Å². The van der Waals surface area contributed by atoms with E-state index in [2.05, 4.69) is 80.8 Å². The van der Waals surface area contributed by atoms with Crippen molar-refractivity contribution in [2.24, 2.45) is 0 Å². The molecule has 3 N–H and O–H groups in total. The molecule has 0 saturated carbocycles. The first-order valence-electron chi connectivity index (χ1n) is 21.3. The van der Waals surface area contributed by atoms with Gasteiger partial charge in [0.2, 0.25) is 5.91 Å². The van der Waals surface area contributed by atoms with Crippen LogP contribution in [0.4, 0.5) is 0 Å². The van der Waals surface area contributed by atoms with Crippen molar-refractivity contribution in [3.8, 4) is 0 Å². The summed E-state index contributed by atoms with van der Waals surface area (Å²) in [4.78, 5) is 25.8. The number of nitrogens with one attached hydrogen (secondary N) is 1. The molecule has 6 nitrogen and oxygen atoms in total. The molecule has 3 unspecified atom stereocenters. The van der Waals surface area contributed by atoms with Crippen LogP contribution in [0.5, 0.6) is 0 Å². The van der Waals surface area contributed by atoms with Crippen molar-refractivity contribution in [3.63, 3.8) is 0 Å². The number of esters is 1. The van der Waals surface area contributed by atoms with E-state index in [1.165, 1.54) is 38.5 Å². The maximum absolute atomic E-state index is 13.0. The Balaban J connectivity index is 4.90. The van der Waals surface area contributed by atoms with Gasteiger partial charge in [-0.25, -0.2) is 0 Å². The summed E-state index contributed by atoms with van der Waals surface area (Å²) in [5.41, 5.74) is 0. The predicted molar refractivity (Wildman–Crippen MR) is 236 cm³/mol. The Bertz CT molecular complexity index is 1220. The first-order chi connectivity index (χ1) is 27.0. The van der Waals surface area contributed by atoms with Gasteiger partial charge in [-0.2, -0.15) is 0 Å². The van der Waals surface area contributed by atoms with Gasteiger partial charge >= 0.3 is 5.97 Å². The van der Waals surface area contributed by atoms with Gasteiger partial charge < -0.3 is 20.3 Å². The van der Waals surface area contributed by atoms with E-state index >= 15 is 0 Å². The monoisotopic (exact) mass is 760 g/mol. The average Bonchev–Trinajstić information content (AvgIpc) is 3.18. The molecule has 0 saturated heterocycles. The molecule has 0 bridgehead atoms. The quantitative estimate of drug-likeness (QED) is 0.0259. The molecule has 6 heteroatoms. The van der Waals surface area contributed by atoms with Crippen LogP contribution in [0, 0.1) is 0 Å². The minimum absolute atomic E-state index is 0.0569. The third-order valence-corrected chi connectivity index (χ3v) is 8.68. The zero-order valence-electron chi connectivity index (χ0n) is 34.7. The Kier molecular flexibility index (Phi) is 38.6. The fourth-order valence-corrected chi connectivity index (χ4v) is 5.50. The van der Waals surface area contributed by atoms with Crippen LogP contribution in [-0.2, 0) is 14.3 Å². The highest BCUT2D eigenvalue weighted by Gasteiger charge is 2.23. The van der Waals surface area contributed by atoms with Gasteiger partial charge in [-0.05, 0) is 51.4 Å². The molecule has 0 aliphatic heterocycles. The Morgan fingerprint density at radius 1 is 0.582 bits per heavy atom. The van der Waals surface area contributed by atoms with Crippen LogP contribution in [0.1, 0.15) is 149 Å². The SMILES string of the molecule is CC/C=C/C=C/C=C\C=C/C=C/CC(CC(=O)NC(CO)C(O)CCCCCCCCCCC)OC(=O)CC/C=C/C/C=C/C/C=C/C/C=C/C/C=C/CC. The third-order valence-electron chi connectivity index (χ3n) is 8.68. The molecule has 0 heterocycles. The fraction of sp³-hybridized carbons (Fsp3) is 0.551. The number of aliphatic hydroxyl groups excluding tert-OH is 2. The summed E-state index contributed by atoms with van der Waals surface area (Å²) in [6.45, 7) is 6.10. The number of amides is 1.